The number of fused-ring (bicyclic) bond motifs is 1. The van der Waals surface area contributed by atoms with Crippen LogP contribution in [-0.4, -0.2) is 20.9 Å². The Morgan fingerprint density at radius 1 is 1.50 bits per heavy atom. The average Bonchev–Trinajstić information content (AvgIpc) is 3.29. The number of rotatable bonds is 4. The number of carbonyl (C=O) groups is 1. The van der Waals surface area contributed by atoms with Crippen LogP contribution >= 0.6 is 15.9 Å². The number of esters is 1. The lowest BCUT2D eigenvalue weighted by molar-refractivity contribution is -0.147. The Labute approximate surface area is 124 Å². The summed E-state index contributed by atoms with van der Waals surface area (Å²) >= 11 is 3.36. The molecule has 2 aliphatic carbocycles. The number of aromatic nitrogens is 3. The molecule has 2 aliphatic rings. The molecule has 20 heavy (non-hydrogen) atoms. The second-order valence-corrected chi connectivity index (χ2v) is 6.58. The Morgan fingerprint density at radius 2 is 2.35 bits per heavy atom. The lowest BCUT2D eigenvalue weighted by atomic mass is 10.2. The van der Waals surface area contributed by atoms with Gasteiger partial charge in [0.1, 0.15) is 12.4 Å². The molecular weight excluding hydrogens is 322 g/mol. The van der Waals surface area contributed by atoms with E-state index in [-0.39, 0.29) is 18.5 Å². The average molecular weight is 336 g/mol. The quantitative estimate of drug-likeness (QED) is 0.872. The molecule has 5 nitrogen and oxygen atoms in total. The molecule has 2 fully saturated rings. The smallest absolute Gasteiger partial charge is 0.309 e. The first-order valence-corrected chi connectivity index (χ1v) is 7.67. The van der Waals surface area contributed by atoms with Crippen LogP contribution in [0, 0.1) is 17.8 Å². The van der Waals surface area contributed by atoms with Gasteiger partial charge in [0.05, 0.1) is 11.4 Å². The van der Waals surface area contributed by atoms with Gasteiger partial charge in [-0.3, -0.25) is 4.79 Å². The zero-order valence-electron chi connectivity index (χ0n) is 10.8. The predicted molar refractivity (Wildman–Crippen MR) is 75.7 cm³/mol. The van der Waals surface area contributed by atoms with Crippen molar-refractivity contribution in [3.05, 3.63) is 22.6 Å². The zero-order valence-corrected chi connectivity index (χ0v) is 12.4. The molecule has 4 rings (SSSR count). The first-order valence-electron chi connectivity index (χ1n) is 6.87. The third-order valence-corrected chi connectivity index (χ3v) is 4.51. The normalized spacial score (nSPS) is 24.9. The molecule has 104 valence electrons. The summed E-state index contributed by atoms with van der Waals surface area (Å²) in [6, 6.07) is 1.91. The van der Waals surface area contributed by atoms with Crippen LogP contribution in [0.5, 0.6) is 0 Å². The van der Waals surface area contributed by atoms with Crippen LogP contribution < -0.4 is 0 Å². The molecule has 0 bridgehead atoms. The number of aromatic amines is 1. The van der Waals surface area contributed by atoms with Crippen molar-refractivity contribution in [2.24, 2.45) is 17.8 Å². The maximum atomic E-state index is 11.9. The van der Waals surface area contributed by atoms with Gasteiger partial charge in [-0.2, -0.15) is 0 Å². The molecule has 2 aromatic rings. The molecule has 2 heterocycles. The van der Waals surface area contributed by atoms with Gasteiger partial charge in [-0.1, -0.05) is 0 Å². The summed E-state index contributed by atoms with van der Waals surface area (Å²) in [5.74, 6) is 2.09. The minimum Gasteiger partial charge on any atom is -0.457 e. The topological polar surface area (TPSA) is 67.9 Å². The molecule has 0 aliphatic heterocycles. The molecule has 6 heteroatoms. The summed E-state index contributed by atoms with van der Waals surface area (Å²) in [4.78, 5) is 23.5. The van der Waals surface area contributed by atoms with Crippen molar-refractivity contribution in [2.45, 2.75) is 25.9 Å². The molecule has 0 unspecified atom stereocenters. The Morgan fingerprint density at radius 3 is 3.15 bits per heavy atom. The summed E-state index contributed by atoms with van der Waals surface area (Å²) < 4.78 is 6.24. The first-order chi connectivity index (χ1) is 9.70. The van der Waals surface area contributed by atoms with Crippen LogP contribution in [0.4, 0.5) is 0 Å². The van der Waals surface area contributed by atoms with E-state index in [2.05, 4.69) is 30.9 Å². The van der Waals surface area contributed by atoms with Gasteiger partial charge in [-0.05, 0) is 53.1 Å². The lowest BCUT2D eigenvalue weighted by Crippen LogP contribution is -2.09. The molecule has 0 radical (unpaired) electrons. The summed E-state index contributed by atoms with van der Waals surface area (Å²) in [5.41, 5.74) is 1.48. The van der Waals surface area contributed by atoms with Gasteiger partial charge in [-0.25, -0.2) is 9.97 Å². The van der Waals surface area contributed by atoms with Gasteiger partial charge in [0.2, 0.25) is 0 Å². The van der Waals surface area contributed by atoms with Crippen molar-refractivity contribution in [1.82, 2.24) is 15.0 Å². The van der Waals surface area contributed by atoms with Crippen LogP contribution in [0.15, 0.2) is 16.7 Å². The number of imidazole rings is 1. The molecular formula is C14H14BrN3O2. The van der Waals surface area contributed by atoms with E-state index in [0.29, 0.717) is 17.4 Å². The van der Waals surface area contributed by atoms with Crippen molar-refractivity contribution in [2.75, 3.05) is 0 Å². The van der Waals surface area contributed by atoms with Crippen LogP contribution in [0.1, 0.15) is 25.1 Å². The number of H-pyrrole nitrogens is 1. The minimum atomic E-state index is -0.0727. The number of carbonyl (C=O) groups excluding carboxylic acids is 1. The zero-order chi connectivity index (χ0) is 13.7. The van der Waals surface area contributed by atoms with Crippen LogP contribution in [0.3, 0.4) is 0 Å². The number of hydrogen-bond acceptors (Lipinski definition) is 4. The fraction of sp³-hybridized carbons (Fsp3) is 0.500. The Hall–Kier alpha value is -1.43. The third-order valence-electron chi connectivity index (χ3n) is 4.07. The van der Waals surface area contributed by atoms with E-state index < -0.39 is 0 Å². The highest BCUT2D eigenvalue weighted by Crippen LogP contribution is 2.54. The highest BCUT2D eigenvalue weighted by Gasteiger charge is 2.52. The van der Waals surface area contributed by atoms with Gasteiger partial charge in [0.15, 0.2) is 5.65 Å². The highest BCUT2D eigenvalue weighted by molar-refractivity contribution is 9.10. The van der Waals surface area contributed by atoms with Gasteiger partial charge < -0.3 is 9.72 Å². The van der Waals surface area contributed by atoms with Crippen LogP contribution in [0.25, 0.3) is 11.2 Å². The molecule has 0 aromatic carbocycles. The SMILES string of the molecule is O=C(OCc1nc2ncc(Br)cc2[nH]1)[C@@H]1C[C@H]1C1CC1. The van der Waals surface area contributed by atoms with E-state index >= 15 is 0 Å². The maximum Gasteiger partial charge on any atom is 0.309 e. The largest absolute Gasteiger partial charge is 0.457 e. The van der Waals surface area contributed by atoms with Gasteiger partial charge in [0, 0.05) is 10.7 Å². The lowest BCUT2D eigenvalue weighted by Gasteiger charge is -2.01. The molecule has 0 amide bonds. The number of nitrogens with one attached hydrogen (secondary N) is 1. The van der Waals surface area contributed by atoms with Gasteiger partial charge >= 0.3 is 5.97 Å². The monoisotopic (exact) mass is 335 g/mol. The van der Waals surface area contributed by atoms with E-state index in [4.69, 9.17) is 4.74 Å². The van der Waals surface area contributed by atoms with E-state index in [1.807, 2.05) is 6.07 Å². The predicted octanol–water partition coefficient (Wildman–Crippen LogP) is 2.81. The standard InChI is InChI=1S/C14H14BrN3O2/c15-8-3-11-13(16-5-8)18-12(17-11)6-20-14(19)10-4-9(10)7-1-2-7/h3,5,7,9-10H,1-2,4,6H2,(H,16,17,18)/t9-,10+/m0/s1. The Kier molecular flexibility index (Phi) is 2.80. The van der Waals surface area contributed by atoms with Crippen molar-refractivity contribution >= 4 is 33.1 Å². The Balaban J connectivity index is 1.39. The molecule has 1 N–H and O–H groups in total. The number of hydrogen-bond donors (Lipinski definition) is 1. The van der Waals surface area contributed by atoms with E-state index in [1.54, 1.807) is 6.20 Å². The maximum absolute atomic E-state index is 11.9. The summed E-state index contributed by atoms with van der Waals surface area (Å²) in [6.07, 6.45) is 5.29. The second-order valence-electron chi connectivity index (χ2n) is 5.66. The van der Waals surface area contributed by atoms with Gasteiger partial charge in [0.25, 0.3) is 0 Å². The van der Waals surface area contributed by atoms with Crippen LogP contribution in [0.2, 0.25) is 0 Å². The third kappa shape index (κ3) is 2.32. The molecule has 0 spiro atoms. The molecule has 2 saturated carbocycles. The number of halogens is 1. The number of pyridine rings is 1. The second kappa shape index (κ2) is 4.55. The molecule has 2 aromatic heterocycles. The first kappa shape index (κ1) is 12.3. The fourth-order valence-corrected chi connectivity index (χ4v) is 3.10. The van der Waals surface area contributed by atoms with E-state index in [0.717, 1.165) is 22.3 Å². The minimum absolute atomic E-state index is 0.0727. The fourth-order valence-electron chi connectivity index (χ4n) is 2.77. The van der Waals surface area contributed by atoms with Crippen molar-refractivity contribution in [3.8, 4) is 0 Å². The highest BCUT2D eigenvalue weighted by atomic mass is 79.9. The van der Waals surface area contributed by atoms with E-state index in [9.17, 15) is 4.79 Å². The molecule has 0 saturated heterocycles. The Bertz CT molecular complexity index is 680. The van der Waals surface area contributed by atoms with Crippen molar-refractivity contribution in [1.29, 1.82) is 0 Å². The van der Waals surface area contributed by atoms with Gasteiger partial charge in [-0.15, -0.1) is 0 Å². The number of ether oxygens (including phenoxy) is 1. The van der Waals surface area contributed by atoms with E-state index in [1.165, 1.54) is 12.8 Å². The number of nitrogens with zero attached hydrogens (tertiary/aromatic N) is 2. The molecule has 2 atom stereocenters. The van der Waals surface area contributed by atoms with Crippen molar-refractivity contribution in [3.63, 3.8) is 0 Å². The van der Waals surface area contributed by atoms with Crippen molar-refractivity contribution < 1.29 is 9.53 Å². The summed E-state index contributed by atoms with van der Waals surface area (Å²) in [7, 11) is 0. The van der Waals surface area contributed by atoms with Crippen LogP contribution in [-0.2, 0) is 16.1 Å². The summed E-state index contributed by atoms with van der Waals surface area (Å²) in [5, 5.41) is 0. The summed E-state index contributed by atoms with van der Waals surface area (Å²) in [6.45, 7) is 0.195.